The highest BCUT2D eigenvalue weighted by Gasteiger charge is 2.52. The van der Waals surface area contributed by atoms with E-state index in [0.717, 1.165) is 32.8 Å². The van der Waals surface area contributed by atoms with Crippen LogP contribution in [0.1, 0.15) is 19.8 Å². The Morgan fingerprint density at radius 1 is 1.33 bits per heavy atom. The van der Waals surface area contributed by atoms with Gasteiger partial charge in [-0.15, -0.1) is 0 Å². The van der Waals surface area contributed by atoms with Gasteiger partial charge in [-0.2, -0.15) is 0 Å². The third-order valence-corrected chi connectivity index (χ3v) is 4.03. The third kappa shape index (κ3) is 2.22. The Hall–Kier alpha value is -1.14. The Kier molecular flexibility index (Phi) is 3.87. The molecule has 3 amide bonds. The number of hydrogen-bond donors (Lipinski definition) is 1. The number of rotatable bonds is 4. The summed E-state index contributed by atoms with van der Waals surface area (Å²) in [5.74, 6) is -0.139. The number of piperidine rings is 1. The second-order valence-electron chi connectivity index (χ2n) is 4.89. The summed E-state index contributed by atoms with van der Waals surface area (Å²) < 4.78 is 5.33. The van der Waals surface area contributed by atoms with Crippen molar-refractivity contribution >= 4 is 11.9 Å². The van der Waals surface area contributed by atoms with E-state index in [9.17, 15) is 9.59 Å². The number of nitrogens with zero attached hydrogens (tertiary/aromatic N) is 2. The molecule has 0 bridgehead atoms. The number of likely N-dealkylation sites (N-methyl/N-ethyl adjacent to an activating group) is 1. The van der Waals surface area contributed by atoms with Crippen LogP contribution in [0, 0.1) is 0 Å². The minimum absolute atomic E-state index is 0.139. The molecule has 6 nitrogen and oxygen atoms in total. The number of urea groups is 1. The fraction of sp³-hybridized carbons (Fsp3) is 0.833. The van der Waals surface area contributed by atoms with Gasteiger partial charge in [-0.1, -0.05) is 0 Å². The highest BCUT2D eigenvalue weighted by atomic mass is 16.5. The molecule has 2 fully saturated rings. The fourth-order valence-electron chi connectivity index (χ4n) is 2.69. The third-order valence-electron chi connectivity index (χ3n) is 4.03. The van der Waals surface area contributed by atoms with Gasteiger partial charge in [0.25, 0.3) is 5.91 Å². The molecular formula is C12H21N3O3. The van der Waals surface area contributed by atoms with Crippen molar-refractivity contribution in [3.8, 4) is 0 Å². The maximum atomic E-state index is 11.9. The number of carbonyl (C=O) groups is 2. The number of ether oxygens (including phenoxy) is 1. The van der Waals surface area contributed by atoms with Crippen LogP contribution in [0.15, 0.2) is 0 Å². The van der Waals surface area contributed by atoms with Gasteiger partial charge < -0.3 is 14.5 Å². The molecule has 2 aliphatic rings. The number of hydrogen-bond acceptors (Lipinski definition) is 4. The zero-order valence-electron chi connectivity index (χ0n) is 11.1. The molecule has 6 heteroatoms. The van der Waals surface area contributed by atoms with Crippen molar-refractivity contribution in [2.45, 2.75) is 25.3 Å². The van der Waals surface area contributed by atoms with Gasteiger partial charge in [0, 0.05) is 33.3 Å². The van der Waals surface area contributed by atoms with E-state index < -0.39 is 5.54 Å². The zero-order valence-corrected chi connectivity index (χ0v) is 11.1. The smallest absolute Gasteiger partial charge is 0.324 e. The normalized spacial score (nSPS) is 23.8. The van der Waals surface area contributed by atoms with Crippen molar-refractivity contribution in [1.29, 1.82) is 0 Å². The molecule has 1 N–H and O–H groups in total. The Bertz CT molecular complexity index is 337. The molecule has 0 saturated carbocycles. The molecule has 2 saturated heterocycles. The van der Waals surface area contributed by atoms with E-state index in [1.165, 1.54) is 0 Å². The molecule has 0 aromatic rings. The Balaban J connectivity index is 1.89. The number of amides is 3. The number of imide groups is 1. The minimum Gasteiger partial charge on any atom is -0.380 e. The van der Waals surface area contributed by atoms with Crippen LogP contribution in [0.3, 0.4) is 0 Å². The first-order chi connectivity index (χ1) is 8.60. The van der Waals surface area contributed by atoms with Crippen molar-refractivity contribution in [3.05, 3.63) is 0 Å². The first-order valence-corrected chi connectivity index (χ1v) is 6.49. The molecule has 0 aliphatic carbocycles. The molecule has 18 heavy (non-hydrogen) atoms. The van der Waals surface area contributed by atoms with Crippen molar-refractivity contribution < 1.29 is 14.3 Å². The Morgan fingerprint density at radius 3 is 2.50 bits per heavy atom. The molecule has 2 aliphatic heterocycles. The molecule has 1 spiro atoms. The zero-order chi connectivity index (χ0) is 13.2. The number of likely N-dealkylation sites (tertiary alicyclic amines) is 1. The quantitative estimate of drug-likeness (QED) is 0.569. The lowest BCUT2D eigenvalue weighted by atomic mass is 9.86. The van der Waals surface area contributed by atoms with Crippen LogP contribution in [0.2, 0.25) is 0 Å². The minimum atomic E-state index is -0.612. The first kappa shape index (κ1) is 13.3. The monoisotopic (exact) mass is 255 g/mol. The molecule has 102 valence electrons. The Labute approximate surface area is 107 Å². The number of nitrogens with one attached hydrogen (secondary N) is 1. The van der Waals surface area contributed by atoms with Gasteiger partial charge >= 0.3 is 6.03 Å². The number of carbonyl (C=O) groups excluding carboxylic acids is 2. The highest BCUT2D eigenvalue weighted by Crippen LogP contribution is 2.31. The summed E-state index contributed by atoms with van der Waals surface area (Å²) >= 11 is 0. The molecule has 0 aromatic carbocycles. The molecule has 2 rings (SSSR count). The van der Waals surface area contributed by atoms with Crippen molar-refractivity contribution in [3.63, 3.8) is 0 Å². The summed E-state index contributed by atoms with van der Waals surface area (Å²) in [7, 11) is 1.70. The van der Waals surface area contributed by atoms with E-state index in [2.05, 4.69) is 10.2 Å². The molecule has 2 heterocycles. The largest absolute Gasteiger partial charge is 0.380 e. The van der Waals surface area contributed by atoms with Gasteiger partial charge in [-0.3, -0.25) is 10.1 Å². The van der Waals surface area contributed by atoms with E-state index in [4.69, 9.17) is 4.74 Å². The summed E-state index contributed by atoms with van der Waals surface area (Å²) in [6.45, 7) is 6.00. The average molecular weight is 255 g/mol. The fourth-order valence-corrected chi connectivity index (χ4v) is 2.69. The molecule has 0 atom stereocenters. The van der Waals surface area contributed by atoms with Crippen molar-refractivity contribution in [1.82, 2.24) is 15.1 Å². The van der Waals surface area contributed by atoms with E-state index in [1.807, 2.05) is 6.92 Å². The van der Waals surface area contributed by atoms with Gasteiger partial charge in [-0.25, -0.2) is 4.79 Å². The van der Waals surface area contributed by atoms with Crippen molar-refractivity contribution in [2.75, 3.05) is 39.9 Å². The highest BCUT2D eigenvalue weighted by molar-refractivity contribution is 6.06. The second-order valence-corrected chi connectivity index (χ2v) is 4.89. The average Bonchev–Trinajstić information content (AvgIpc) is 2.57. The van der Waals surface area contributed by atoms with Crippen molar-refractivity contribution in [2.24, 2.45) is 0 Å². The predicted molar refractivity (Wildman–Crippen MR) is 66.2 cm³/mol. The molecule has 0 unspecified atom stereocenters. The van der Waals surface area contributed by atoms with E-state index in [1.54, 1.807) is 11.9 Å². The van der Waals surface area contributed by atoms with Crippen LogP contribution >= 0.6 is 0 Å². The van der Waals surface area contributed by atoms with Crippen LogP contribution in [0.4, 0.5) is 4.79 Å². The summed E-state index contributed by atoms with van der Waals surface area (Å²) in [5, 5.41) is 2.40. The van der Waals surface area contributed by atoms with Crippen LogP contribution < -0.4 is 5.32 Å². The predicted octanol–water partition coefficient (Wildman–Crippen LogP) is 0.0391. The molecule has 0 radical (unpaired) electrons. The van der Waals surface area contributed by atoms with Crippen LogP contribution in [0.25, 0.3) is 0 Å². The summed E-state index contributed by atoms with van der Waals surface area (Å²) in [5.41, 5.74) is -0.612. The van der Waals surface area contributed by atoms with Gasteiger partial charge in [0.15, 0.2) is 0 Å². The van der Waals surface area contributed by atoms with Crippen LogP contribution in [0.5, 0.6) is 0 Å². The van der Waals surface area contributed by atoms with Crippen LogP contribution in [-0.2, 0) is 9.53 Å². The van der Waals surface area contributed by atoms with Gasteiger partial charge in [0.1, 0.15) is 5.54 Å². The van der Waals surface area contributed by atoms with E-state index in [0.29, 0.717) is 12.8 Å². The Morgan fingerprint density at radius 2 is 2.00 bits per heavy atom. The summed E-state index contributed by atoms with van der Waals surface area (Å²) in [4.78, 5) is 27.3. The SMILES string of the molecule is CCOCCN1CCC2(CC1)C(=O)NC(=O)N2C. The van der Waals surface area contributed by atoms with Gasteiger partial charge in [0.2, 0.25) is 0 Å². The maximum Gasteiger partial charge on any atom is 0.324 e. The summed E-state index contributed by atoms with van der Waals surface area (Å²) in [6.07, 6.45) is 1.40. The maximum absolute atomic E-state index is 11.9. The first-order valence-electron chi connectivity index (χ1n) is 6.49. The lowest BCUT2D eigenvalue weighted by molar-refractivity contribution is -0.128. The lowest BCUT2D eigenvalue weighted by Crippen LogP contribution is -2.55. The van der Waals surface area contributed by atoms with Gasteiger partial charge in [0.05, 0.1) is 6.61 Å². The molecule has 0 aromatic heterocycles. The summed E-state index contributed by atoms with van der Waals surface area (Å²) in [6, 6.07) is -0.275. The second kappa shape index (κ2) is 5.24. The standard InChI is InChI=1S/C12H21N3O3/c1-3-18-9-8-15-6-4-12(5-7-15)10(16)13-11(17)14(12)2/h3-9H2,1-2H3,(H,13,16,17). The molecular weight excluding hydrogens is 234 g/mol. The van der Waals surface area contributed by atoms with E-state index >= 15 is 0 Å². The van der Waals surface area contributed by atoms with Crippen LogP contribution in [-0.4, -0.2) is 67.2 Å². The lowest BCUT2D eigenvalue weighted by Gasteiger charge is -2.40. The van der Waals surface area contributed by atoms with E-state index in [-0.39, 0.29) is 11.9 Å². The van der Waals surface area contributed by atoms with Gasteiger partial charge in [-0.05, 0) is 19.8 Å². The topological polar surface area (TPSA) is 61.9 Å².